The van der Waals surface area contributed by atoms with Crippen molar-refractivity contribution in [1.82, 2.24) is 0 Å². The third-order valence-electron chi connectivity index (χ3n) is 1.83. The van der Waals surface area contributed by atoms with Crippen LogP contribution < -0.4 is 0 Å². The molecule has 1 aliphatic rings. The molecular weight excluding hydrogens is 128 g/mol. The van der Waals surface area contributed by atoms with Crippen molar-refractivity contribution in [2.45, 2.75) is 31.4 Å². The Bertz CT molecular complexity index is 116. The highest BCUT2D eigenvalue weighted by atomic mass is 32.2. The third-order valence-corrected chi connectivity index (χ3v) is 2.81. The van der Waals surface area contributed by atoms with E-state index in [1.807, 2.05) is 11.8 Å². The van der Waals surface area contributed by atoms with Gasteiger partial charge in [0.1, 0.15) is 0 Å². The molecule has 0 saturated carbocycles. The highest BCUT2D eigenvalue weighted by Crippen LogP contribution is 2.24. The Labute approximate surface area is 61.7 Å². The van der Waals surface area contributed by atoms with Crippen molar-refractivity contribution in [2.75, 3.05) is 6.26 Å². The van der Waals surface area contributed by atoms with E-state index in [1.165, 1.54) is 19.3 Å². The smallest absolute Gasteiger partial charge is 0.0226 e. The third kappa shape index (κ3) is 2.05. The lowest BCUT2D eigenvalue weighted by molar-refractivity contribution is 0.712. The Kier molecular flexibility index (Phi) is 2.65. The molecule has 0 bridgehead atoms. The summed E-state index contributed by atoms with van der Waals surface area (Å²) in [5, 5.41) is 0.818. The Hall–Kier alpha value is 0.0900. The van der Waals surface area contributed by atoms with Crippen LogP contribution in [0.25, 0.3) is 0 Å². The van der Waals surface area contributed by atoms with Crippen molar-refractivity contribution in [3.63, 3.8) is 0 Å². The molecule has 1 rings (SSSR count). The minimum absolute atomic E-state index is 0.818. The standard InChI is InChI=1S/C8H14S/c1-7-4-3-5-8(6-7)9-2/h6,8H,3-5H2,1-2H3/t8-/m0/s1. The minimum Gasteiger partial charge on any atom is -0.158 e. The Morgan fingerprint density at radius 3 is 2.89 bits per heavy atom. The van der Waals surface area contributed by atoms with E-state index in [2.05, 4.69) is 19.3 Å². The molecular formula is C8H14S. The van der Waals surface area contributed by atoms with Crippen LogP contribution in [0, 0.1) is 0 Å². The van der Waals surface area contributed by atoms with Crippen LogP contribution in [0.1, 0.15) is 26.2 Å². The molecule has 0 amide bonds. The van der Waals surface area contributed by atoms with Crippen molar-refractivity contribution >= 4 is 11.8 Å². The maximum absolute atomic E-state index is 2.41. The van der Waals surface area contributed by atoms with Gasteiger partial charge in [-0.1, -0.05) is 11.6 Å². The normalized spacial score (nSPS) is 27.8. The zero-order valence-corrected chi connectivity index (χ0v) is 7.00. The van der Waals surface area contributed by atoms with Gasteiger partial charge in [0.15, 0.2) is 0 Å². The fourth-order valence-electron chi connectivity index (χ4n) is 1.25. The minimum atomic E-state index is 0.818. The second-order valence-corrected chi connectivity index (χ2v) is 3.76. The summed E-state index contributed by atoms with van der Waals surface area (Å²) in [6, 6.07) is 0. The van der Waals surface area contributed by atoms with E-state index in [0.717, 1.165) is 5.25 Å². The van der Waals surface area contributed by atoms with Crippen molar-refractivity contribution in [3.05, 3.63) is 11.6 Å². The second-order valence-electron chi connectivity index (χ2n) is 2.68. The fourth-order valence-corrected chi connectivity index (χ4v) is 2.02. The molecule has 9 heavy (non-hydrogen) atoms. The lowest BCUT2D eigenvalue weighted by Gasteiger charge is -2.16. The van der Waals surface area contributed by atoms with Crippen molar-refractivity contribution in [1.29, 1.82) is 0 Å². The molecule has 0 nitrogen and oxygen atoms in total. The molecule has 0 aromatic heterocycles. The van der Waals surface area contributed by atoms with Crippen LogP contribution in [-0.4, -0.2) is 11.5 Å². The van der Waals surface area contributed by atoms with Gasteiger partial charge in [0.2, 0.25) is 0 Å². The van der Waals surface area contributed by atoms with Gasteiger partial charge in [-0.3, -0.25) is 0 Å². The number of thioether (sulfide) groups is 1. The first-order valence-corrected chi connectivity index (χ1v) is 4.82. The summed E-state index contributed by atoms with van der Waals surface area (Å²) >= 11 is 1.97. The predicted octanol–water partition coefficient (Wildman–Crippen LogP) is 2.85. The van der Waals surface area contributed by atoms with Crippen LogP contribution in [0.4, 0.5) is 0 Å². The van der Waals surface area contributed by atoms with E-state index in [1.54, 1.807) is 5.57 Å². The van der Waals surface area contributed by atoms with E-state index >= 15 is 0 Å². The van der Waals surface area contributed by atoms with E-state index in [4.69, 9.17) is 0 Å². The van der Waals surface area contributed by atoms with Crippen molar-refractivity contribution in [3.8, 4) is 0 Å². The molecule has 1 atom stereocenters. The van der Waals surface area contributed by atoms with Crippen molar-refractivity contribution < 1.29 is 0 Å². The van der Waals surface area contributed by atoms with Crippen LogP contribution in [0.3, 0.4) is 0 Å². The molecule has 1 aliphatic carbocycles. The van der Waals surface area contributed by atoms with Gasteiger partial charge in [-0.05, 0) is 32.4 Å². The van der Waals surface area contributed by atoms with Crippen LogP contribution in [0.2, 0.25) is 0 Å². The van der Waals surface area contributed by atoms with Gasteiger partial charge in [-0.15, -0.1) is 0 Å². The molecule has 0 unspecified atom stereocenters. The monoisotopic (exact) mass is 142 g/mol. The number of hydrogen-bond donors (Lipinski definition) is 0. The SMILES string of the molecule is CS[C@@H]1C=C(C)CCC1. The average Bonchev–Trinajstić information content (AvgIpc) is 1.88. The maximum atomic E-state index is 2.41. The van der Waals surface area contributed by atoms with Gasteiger partial charge in [-0.25, -0.2) is 0 Å². The summed E-state index contributed by atoms with van der Waals surface area (Å²) in [5.41, 5.74) is 1.58. The Morgan fingerprint density at radius 2 is 2.44 bits per heavy atom. The summed E-state index contributed by atoms with van der Waals surface area (Å²) in [6.45, 7) is 2.24. The topological polar surface area (TPSA) is 0 Å². The molecule has 1 heteroatoms. The van der Waals surface area contributed by atoms with Gasteiger partial charge >= 0.3 is 0 Å². The molecule has 0 fully saturated rings. The van der Waals surface area contributed by atoms with E-state index < -0.39 is 0 Å². The number of allylic oxidation sites excluding steroid dienone is 1. The zero-order chi connectivity index (χ0) is 6.69. The molecule has 0 heterocycles. The lowest BCUT2D eigenvalue weighted by atomic mass is 10.0. The van der Waals surface area contributed by atoms with E-state index in [9.17, 15) is 0 Å². The first-order valence-electron chi connectivity index (χ1n) is 3.53. The first-order chi connectivity index (χ1) is 4.33. The quantitative estimate of drug-likeness (QED) is 0.507. The highest BCUT2D eigenvalue weighted by molar-refractivity contribution is 7.99. The average molecular weight is 142 g/mol. The van der Waals surface area contributed by atoms with Crippen LogP contribution in [-0.2, 0) is 0 Å². The van der Waals surface area contributed by atoms with Gasteiger partial charge in [-0.2, -0.15) is 11.8 Å². The number of rotatable bonds is 1. The predicted molar refractivity (Wildman–Crippen MR) is 44.9 cm³/mol. The molecule has 0 aliphatic heterocycles. The molecule has 0 N–H and O–H groups in total. The molecule has 0 radical (unpaired) electrons. The maximum Gasteiger partial charge on any atom is 0.0226 e. The molecule has 0 saturated heterocycles. The van der Waals surface area contributed by atoms with E-state index in [-0.39, 0.29) is 0 Å². The van der Waals surface area contributed by atoms with Gasteiger partial charge < -0.3 is 0 Å². The molecule has 52 valence electrons. The molecule has 0 aromatic rings. The van der Waals surface area contributed by atoms with Gasteiger partial charge in [0.25, 0.3) is 0 Å². The summed E-state index contributed by atoms with van der Waals surface area (Å²) in [5.74, 6) is 0. The zero-order valence-electron chi connectivity index (χ0n) is 6.18. The van der Waals surface area contributed by atoms with Crippen LogP contribution >= 0.6 is 11.8 Å². The fraction of sp³-hybridized carbons (Fsp3) is 0.750. The van der Waals surface area contributed by atoms with Crippen LogP contribution in [0.5, 0.6) is 0 Å². The van der Waals surface area contributed by atoms with Crippen molar-refractivity contribution in [2.24, 2.45) is 0 Å². The highest BCUT2D eigenvalue weighted by Gasteiger charge is 2.08. The van der Waals surface area contributed by atoms with Crippen LogP contribution in [0.15, 0.2) is 11.6 Å². The summed E-state index contributed by atoms with van der Waals surface area (Å²) in [7, 11) is 0. The van der Waals surface area contributed by atoms with Gasteiger partial charge in [0.05, 0.1) is 0 Å². The van der Waals surface area contributed by atoms with Gasteiger partial charge in [0, 0.05) is 5.25 Å². The Morgan fingerprint density at radius 1 is 1.67 bits per heavy atom. The Balaban J connectivity index is 2.47. The first kappa shape index (κ1) is 7.20. The summed E-state index contributed by atoms with van der Waals surface area (Å²) in [4.78, 5) is 0. The lowest BCUT2D eigenvalue weighted by Crippen LogP contribution is -2.03. The summed E-state index contributed by atoms with van der Waals surface area (Å²) < 4.78 is 0. The molecule has 0 aromatic carbocycles. The largest absolute Gasteiger partial charge is 0.158 e. The van der Waals surface area contributed by atoms with E-state index in [0.29, 0.717) is 0 Å². The number of hydrogen-bond acceptors (Lipinski definition) is 1. The summed E-state index contributed by atoms with van der Waals surface area (Å²) in [6.07, 6.45) is 8.72. The second kappa shape index (κ2) is 3.31. The molecule has 0 spiro atoms.